The first-order valence-electron chi connectivity index (χ1n) is 6.06. The van der Waals surface area contributed by atoms with Gasteiger partial charge in [0.25, 0.3) is 5.91 Å². The van der Waals surface area contributed by atoms with Crippen molar-refractivity contribution in [3.05, 3.63) is 51.2 Å². The van der Waals surface area contributed by atoms with Crippen LogP contribution in [0.4, 0.5) is 5.69 Å². The van der Waals surface area contributed by atoms with Gasteiger partial charge in [-0.05, 0) is 31.2 Å². The maximum Gasteiger partial charge on any atom is 0.257 e. The zero-order valence-electron chi connectivity index (χ0n) is 11.0. The van der Waals surface area contributed by atoms with Gasteiger partial charge in [-0.15, -0.1) is 0 Å². The highest BCUT2D eigenvalue weighted by molar-refractivity contribution is 6.35. The minimum absolute atomic E-state index is 0.189. The zero-order chi connectivity index (χ0) is 15.4. The third kappa shape index (κ3) is 4.00. The average molecular weight is 346 g/mol. The highest BCUT2D eigenvalue weighted by Crippen LogP contribution is 2.28. The fraction of sp³-hybridized carbons (Fsp3) is 0.143. The molecule has 0 saturated heterocycles. The maximum absolute atomic E-state index is 12.2. The highest BCUT2D eigenvalue weighted by atomic mass is 35.5. The summed E-state index contributed by atoms with van der Waals surface area (Å²) < 4.78 is 5.32. The number of pyridine rings is 1. The lowest BCUT2D eigenvalue weighted by atomic mass is 10.2. The standard InChI is InChI=1S/C14H11Cl3N2O2/c1-2-21-12-4-3-8(5-10(12)15)19-14(20)9-6-13(17)18-7-11(9)16/h3-7H,2H2,1H3,(H,19,20). The third-order valence-corrected chi connectivity index (χ3v) is 3.36. The van der Waals surface area contributed by atoms with Crippen LogP contribution >= 0.6 is 34.8 Å². The molecule has 0 atom stereocenters. The van der Waals surface area contributed by atoms with Gasteiger partial charge in [0.1, 0.15) is 10.9 Å². The molecule has 1 heterocycles. The Kier molecular flexibility index (Phi) is 5.28. The van der Waals surface area contributed by atoms with Crippen LogP contribution in [0.2, 0.25) is 15.2 Å². The van der Waals surface area contributed by atoms with Gasteiger partial charge in [0.15, 0.2) is 0 Å². The molecule has 0 fully saturated rings. The van der Waals surface area contributed by atoms with Crippen LogP contribution in [0.3, 0.4) is 0 Å². The third-order valence-electron chi connectivity index (χ3n) is 2.56. The molecule has 2 rings (SSSR count). The number of benzene rings is 1. The molecule has 7 heteroatoms. The van der Waals surface area contributed by atoms with Gasteiger partial charge in [0, 0.05) is 11.9 Å². The molecule has 0 aliphatic carbocycles. The van der Waals surface area contributed by atoms with E-state index in [9.17, 15) is 4.79 Å². The maximum atomic E-state index is 12.2. The van der Waals surface area contributed by atoms with Crippen LogP contribution < -0.4 is 10.1 Å². The molecule has 1 aromatic carbocycles. The minimum Gasteiger partial charge on any atom is -0.492 e. The number of rotatable bonds is 4. The van der Waals surface area contributed by atoms with Gasteiger partial charge in [-0.2, -0.15) is 0 Å². The topological polar surface area (TPSA) is 51.2 Å². The van der Waals surface area contributed by atoms with Gasteiger partial charge in [-0.1, -0.05) is 34.8 Å². The van der Waals surface area contributed by atoms with Gasteiger partial charge in [0.05, 0.1) is 22.2 Å². The molecule has 0 aliphatic rings. The van der Waals surface area contributed by atoms with Gasteiger partial charge in [0.2, 0.25) is 0 Å². The Labute approximate surface area is 137 Å². The van der Waals surface area contributed by atoms with Crippen LogP contribution in [0.25, 0.3) is 0 Å². The summed E-state index contributed by atoms with van der Waals surface area (Å²) in [5.74, 6) is 0.159. The molecule has 0 aliphatic heterocycles. The van der Waals surface area contributed by atoms with Crippen molar-refractivity contribution in [1.82, 2.24) is 4.98 Å². The predicted octanol–water partition coefficient (Wildman–Crippen LogP) is 4.69. The van der Waals surface area contributed by atoms with Crippen LogP contribution in [0.5, 0.6) is 5.75 Å². The van der Waals surface area contributed by atoms with Crippen molar-refractivity contribution in [3.8, 4) is 5.75 Å². The number of anilines is 1. The fourth-order valence-electron chi connectivity index (χ4n) is 1.64. The molecule has 0 bridgehead atoms. The van der Waals surface area contributed by atoms with Crippen molar-refractivity contribution in [2.75, 3.05) is 11.9 Å². The van der Waals surface area contributed by atoms with Crippen molar-refractivity contribution < 1.29 is 9.53 Å². The van der Waals surface area contributed by atoms with E-state index >= 15 is 0 Å². The first kappa shape index (κ1) is 15.9. The van der Waals surface area contributed by atoms with Gasteiger partial charge < -0.3 is 10.1 Å². The predicted molar refractivity (Wildman–Crippen MR) is 84.8 cm³/mol. The molecular weight excluding hydrogens is 335 g/mol. The van der Waals surface area contributed by atoms with Gasteiger partial charge in [-0.3, -0.25) is 4.79 Å². The summed E-state index contributed by atoms with van der Waals surface area (Å²) in [6.45, 7) is 2.37. The lowest BCUT2D eigenvalue weighted by molar-refractivity contribution is 0.102. The number of amides is 1. The lowest BCUT2D eigenvalue weighted by Gasteiger charge is -2.10. The number of nitrogens with one attached hydrogen (secondary N) is 1. The summed E-state index contributed by atoms with van der Waals surface area (Å²) in [5, 5.41) is 3.50. The van der Waals surface area contributed by atoms with E-state index in [0.29, 0.717) is 23.1 Å². The number of halogens is 3. The summed E-state index contributed by atoms with van der Waals surface area (Å²) >= 11 is 17.7. The van der Waals surface area contributed by atoms with Crippen LogP contribution in [0.1, 0.15) is 17.3 Å². The molecule has 0 unspecified atom stereocenters. The summed E-state index contributed by atoms with van der Waals surface area (Å²) in [6, 6.07) is 6.37. The molecule has 110 valence electrons. The number of hydrogen-bond acceptors (Lipinski definition) is 3. The second-order valence-electron chi connectivity index (χ2n) is 4.02. The SMILES string of the molecule is CCOc1ccc(NC(=O)c2cc(Cl)ncc2Cl)cc1Cl. The zero-order valence-corrected chi connectivity index (χ0v) is 13.3. The summed E-state index contributed by atoms with van der Waals surface area (Å²) in [5.41, 5.74) is 0.763. The molecule has 1 amide bonds. The first-order chi connectivity index (χ1) is 10.0. The van der Waals surface area contributed by atoms with Crippen LogP contribution in [0.15, 0.2) is 30.5 Å². The second-order valence-corrected chi connectivity index (χ2v) is 5.22. The number of aromatic nitrogens is 1. The van der Waals surface area contributed by atoms with Gasteiger partial charge >= 0.3 is 0 Å². The van der Waals surface area contributed by atoms with Crippen molar-refractivity contribution in [1.29, 1.82) is 0 Å². The Morgan fingerprint density at radius 1 is 1.24 bits per heavy atom. The molecule has 1 N–H and O–H groups in total. The number of ether oxygens (including phenoxy) is 1. The average Bonchev–Trinajstić information content (AvgIpc) is 2.44. The van der Waals surface area contributed by atoms with Crippen molar-refractivity contribution in [2.45, 2.75) is 6.92 Å². The van der Waals surface area contributed by atoms with Gasteiger partial charge in [-0.25, -0.2) is 4.98 Å². The van der Waals surface area contributed by atoms with E-state index in [1.165, 1.54) is 12.3 Å². The summed E-state index contributed by atoms with van der Waals surface area (Å²) in [7, 11) is 0. The molecule has 0 saturated carbocycles. The number of carbonyl (C=O) groups is 1. The molecule has 21 heavy (non-hydrogen) atoms. The molecule has 2 aromatic rings. The Hall–Kier alpha value is -1.49. The Morgan fingerprint density at radius 3 is 2.67 bits per heavy atom. The smallest absolute Gasteiger partial charge is 0.257 e. The molecule has 1 aromatic heterocycles. The van der Waals surface area contributed by atoms with Crippen molar-refractivity contribution >= 4 is 46.4 Å². The van der Waals surface area contributed by atoms with E-state index in [4.69, 9.17) is 39.5 Å². The number of carbonyl (C=O) groups excluding carboxylic acids is 1. The van der Waals surface area contributed by atoms with Crippen molar-refractivity contribution in [2.24, 2.45) is 0 Å². The molecule has 4 nitrogen and oxygen atoms in total. The van der Waals surface area contributed by atoms with Crippen LogP contribution in [-0.2, 0) is 0 Å². The highest BCUT2D eigenvalue weighted by Gasteiger charge is 2.13. The normalized spacial score (nSPS) is 10.3. The number of hydrogen-bond donors (Lipinski definition) is 1. The number of nitrogens with zero attached hydrogens (tertiary/aromatic N) is 1. The van der Waals surface area contributed by atoms with E-state index in [1.807, 2.05) is 6.92 Å². The van der Waals surface area contributed by atoms with E-state index in [-0.39, 0.29) is 15.7 Å². The van der Waals surface area contributed by atoms with E-state index < -0.39 is 5.91 Å². The van der Waals surface area contributed by atoms with Crippen LogP contribution in [0, 0.1) is 0 Å². The van der Waals surface area contributed by atoms with E-state index in [0.717, 1.165) is 0 Å². The fourth-order valence-corrected chi connectivity index (χ4v) is 2.22. The summed E-state index contributed by atoms with van der Waals surface area (Å²) in [6.07, 6.45) is 1.32. The van der Waals surface area contributed by atoms with E-state index in [1.54, 1.807) is 18.2 Å². The Morgan fingerprint density at radius 2 is 2.00 bits per heavy atom. The Balaban J connectivity index is 2.19. The molecule has 0 spiro atoms. The second kappa shape index (κ2) is 6.98. The monoisotopic (exact) mass is 344 g/mol. The molecular formula is C14H11Cl3N2O2. The molecule has 0 radical (unpaired) electrons. The Bertz CT molecular complexity index is 677. The summed E-state index contributed by atoms with van der Waals surface area (Å²) in [4.78, 5) is 15.9. The lowest BCUT2D eigenvalue weighted by Crippen LogP contribution is -2.12. The van der Waals surface area contributed by atoms with Crippen molar-refractivity contribution in [3.63, 3.8) is 0 Å². The minimum atomic E-state index is -0.399. The van der Waals surface area contributed by atoms with E-state index in [2.05, 4.69) is 10.3 Å². The van der Waals surface area contributed by atoms with Crippen LogP contribution in [-0.4, -0.2) is 17.5 Å². The largest absolute Gasteiger partial charge is 0.492 e. The quantitative estimate of drug-likeness (QED) is 0.818. The first-order valence-corrected chi connectivity index (χ1v) is 7.19.